The predicted molar refractivity (Wildman–Crippen MR) is 128 cm³/mol. The molecule has 0 bridgehead atoms. The van der Waals surface area contributed by atoms with Gasteiger partial charge in [0.1, 0.15) is 0 Å². The number of ketones is 1. The number of methoxy groups -OCH3 is 2. The molecule has 1 aromatic heterocycles. The molecule has 2 aromatic carbocycles. The number of hydrogen-bond acceptors (Lipinski definition) is 7. The molecular weight excluding hydrogens is 416 g/mol. The van der Waals surface area contributed by atoms with Crippen LogP contribution in [0.2, 0.25) is 0 Å². The van der Waals surface area contributed by atoms with E-state index in [0.29, 0.717) is 23.5 Å². The molecular formula is C26H26N4O3. The fraction of sp³-hybridized carbons (Fsp3) is 0.269. The molecule has 3 aromatic rings. The van der Waals surface area contributed by atoms with E-state index in [1.807, 2.05) is 18.2 Å². The Bertz CT molecular complexity index is 1180. The van der Waals surface area contributed by atoms with E-state index >= 15 is 0 Å². The van der Waals surface area contributed by atoms with Gasteiger partial charge in [0.25, 0.3) is 0 Å². The van der Waals surface area contributed by atoms with Crippen molar-refractivity contribution in [1.29, 1.82) is 0 Å². The average molecular weight is 443 g/mol. The number of nitrogens with zero attached hydrogens (tertiary/aromatic N) is 4. The number of carbonyl (C=O) groups is 1. The number of anilines is 2. The molecule has 7 heteroatoms. The minimum Gasteiger partial charge on any atom is -0.493 e. The van der Waals surface area contributed by atoms with Crippen molar-refractivity contribution in [2.75, 3.05) is 50.2 Å². The third kappa shape index (κ3) is 4.14. The Labute approximate surface area is 193 Å². The Morgan fingerprint density at radius 3 is 2.18 bits per heavy atom. The SMILES string of the molecule is COc1cc2c(cc1OC)C(=O)/C(=C/c1ccc(N3CCN(c4ncccn4)CC3)cc1)C2. The first kappa shape index (κ1) is 21.0. The van der Waals surface area contributed by atoms with Gasteiger partial charge in [-0.25, -0.2) is 9.97 Å². The van der Waals surface area contributed by atoms with Gasteiger partial charge in [-0.1, -0.05) is 12.1 Å². The zero-order valence-electron chi connectivity index (χ0n) is 18.8. The lowest BCUT2D eigenvalue weighted by Crippen LogP contribution is -2.47. The number of carbonyl (C=O) groups excluding carboxylic acids is 1. The topological polar surface area (TPSA) is 67.8 Å². The van der Waals surface area contributed by atoms with Crippen molar-refractivity contribution in [3.63, 3.8) is 0 Å². The van der Waals surface area contributed by atoms with E-state index in [1.54, 1.807) is 32.7 Å². The van der Waals surface area contributed by atoms with E-state index in [1.165, 1.54) is 5.69 Å². The molecule has 1 aliphatic carbocycles. The molecule has 1 fully saturated rings. The third-order valence-corrected chi connectivity index (χ3v) is 6.24. The summed E-state index contributed by atoms with van der Waals surface area (Å²) in [6.07, 6.45) is 6.14. The summed E-state index contributed by atoms with van der Waals surface area (Å²) in [5.74, 6) is 2.06. The van der Waals surface area contributed by atoms with Crippen LogP contribution in [-0.4, -0.2) is 56.1 Å². The van der Waals surface area contributed by atoms with Gasteiger partial charge in [0.15, 0.2) is 17.3 Å². The molecule has 7 nitrogen and oxygen atoms in total. The zero-order chi connectivity index (χ0) is 22.8. The van der Waals surface area contributed by atoms with E-state index in [-0.39, 0.29) is 5.78 Å². The molecule has 2 heterocycles. The summed E-state index contributed by atoms with van der Waals surface area (Å²) in [5, 5.41) is 0. The van der Waals surface area contributed by atoms with Crippen LogP contribution in [0.5, 0.6) is 11.5 Å². The van der Waals surface area contributed by atoms with Gasteiger partial charge >= 0.3 is 0 Å². The number of aromatic nitrogens is 2. The van der Waals surface area contributed by atoms with Gasteiger partial charge in [-0.2, -0.15) is 0 Å². The van der Waals surface area contributed by atoms with Gasteiger partial charge in [0.05, 0.1) is 14.2 Å². The average Bonchev–Trinajstić information content (AvgIpc) is 3.18. The van der Waals surface area contributed by atoms with Crippen LogP contribution in [0.3, 0.4) is 0 Å². The van der Waals surface area contributed by atoms with E-state index in [0.717, 1.165) is 48.8 Å². The zero-order valence-corrected chi connectivity index (χ0v) is 18.8. The quantitative estimate of drug-likeness (QED) is 0.559. The van der Waals surface area contributed by atoms with Crippen LogP contribution in [0.15, 0.2) is 60.4 Å². The molecule has 0 spiro atoms. The van der Waals surface area contributed by atoms with Gasteiger partial charge in [0, 0.05) is 61.8 Å². The predicted octanol–water partition coefficient (Wildman–Crippen LogP) is 3.64. The second kappa shape index (κ2) is 8.94. The summed E-state index contributed by atoms with van der Waals surface area (Å²) in [6, 6.07) is 13.9. The second-order valence-electron chi connectivity index (χ2n) is 8.15. The number of hydrogen-bond donors (Lipinski definition) is 0. The van der Waals surface area contributed by atoms with E-state index in [4.69, 9.17) is 9.47 Å². The van der Waals surface area contributed by atoms with Gasteiger partial charge in [-0.15, -0.1) is 0 Å². The Morgan fingerprint density at radius 2 is 1.52 bits per heavy atom. The van der Waals surface area contributed by atoms with E-state index < -0.39 is 0 Å². The fourth-order valence-corrected chi connectivity index (χ4v) is 4.46. The summed E-state index contributed by atoms with van der Waals surface area (Å²) in [4.78, 5) is 26.2. The Balaban J connectivity index is 1.27. The third-order valence-electron chi connectivity index (χ3n) is 6.24. The first-order valence-corrected chi connectivity index (χ1v) is 11.0. The Morgan fingerprint density at radius 1 is 0.879 bits per heavy atom. The van der Waals surface area contributed by atoms with E-state index in [9.17, 15) is 4.79 Å². The van der Waals surface area contributed by atoms with E-state index in [2.05, 4.69) is 44.0 Å². The lowest BCUT2D eigenvalue weighted by Gasteiger charge is -2.36. The minimum atomic E-state index is 0.0503. The van der Waals surface area contributed by atoms with Crippen molar-refractivity contribution < 1.29 is 14.3 Å². The number of ether oxygens (including phenoxy) is 2. The summed E-state index contributed by atoms with van der Waals surface area (Å²) < 4.78 is 10.7. The van der Waals surface area contributed by atoms with Gasteiger partial charge in [-0.05, 0) is 47.5 Å². The van der Waals surface area contributed by atoms with Crippen LogP contribution in [0, 0.1) is 0 Å². The lowest BCUT2D eigenvalue weighted by atomic mass is 10.1. The molecule has 2 aliphatic rings. The summed E-state index contributed by atoms with van der Waals surface area (Å²) in [5.41, 5.74) is 4.65. The number of rotatable bonds is 5. The number of allylic oxidation sites excluding steroid dienone is 1. The Hall–Kier alpha value is -3.87. The van der Waals surface area contributed by atoms with Crippen molar-refractivity contribution >= 4 is 23.5 Å². The van der Waals surface area contributed by atoms with Crippen LogP contribution in [0.1, 0.15) is 21.5 Å². The second-order valence-corrected chi connectivity index (χ2v) is 8.15. The highest BCUT2D eigenvalue weighted by molar-refractivity contribution is 6.16. The molecule has 0 N–H and O–H groups in total. The van der Waals surface area contributed by atoms with Crippen LogP contribution in [-0.2, 0) is 6.42 Å². The van der Waals surface area contributed by atoms with Crippen molar-refractivity contribution in [2.45, 2.75) is 6.42 Å². The molecule has 0 radical (unpaired) electrons. The molecule has 33 heavy (non-hydrogen) atoms. The molecule has 1 saturated heterocycles. The summed E-state index contributed by atoms with van der Waals surface area (Å²) in [6.45, 7) is 3.59. The molecule has 0 amide bonds. The van der Waals surface area contributed by atoms with Crippen molar-refractivity contribution in [3.8, 4) is 11.5 Å². The first-order valence-electron chi connectivity index (χ1n) is 11.0. The number of Topliss-reactive ketones (excluding diaryl/α,β-unsaturated/α-hetero) is 1. The van der Waals surface area contributed by atoms with Crippen molar-refractivity contribution in [1.82, 2.24) is 9.97 Å². The molecule has 1 aliphatic heterocycles. The Kier molecular flexibility index (Phi) is 5.69. The maximum Gasteiger partial charge on any atom is 0.225 e. The van der Waals surface area contributed by atoms with Crippen LogP contribution < -0.4 is 19.3 Å². The highest BCUT2D eigenvalue weighted by Crippen LogP contribution is 2.37. The lowest BCUT2D eigenvalue weighted by molar-refractivity contribution is 0.104. The standard InChI is InChI=1S/C26H26N4O3/c1-32-23-16-19-15-20(25(31)22(19)17-24(23)33-2)14-18-4-6-21(7-5-18)29-10-12-30(13-11-29)26-27-8-3-9-28-26/h3-9,14,16-17H,10-13,15H2,1-2H3/b20-14+. The number of fused-ring (bicyclic) bond motifs is 1. The monoisotopic (exact) mass is 442 g/mol. The van der Waals surface area contributed by atoms with Crippen LogP contribution in [0.25, 0.3) is 6.08 Å². The summed E-state index contributed by atoms with van der Waals surface area (Å²) >= 11 is 0. The maximum atomic E-state index is 12.9. The first-order chi connectivity index (χ1) is 16.2. The smallest absolute Gasteiger partial charge is 0.225 e. The van der Waals surface area contributed by atoms with Crippen LogP contribution in [0.4, 0.5) is 11.6 Å². The fourth-order valence-electron chi connectivity index (χ4n) is 4.46. The maximum absolute atomic E-state index is 12.9. The van der Waals surface area contributed by atoms with Crippen LogP contribution >= 0.6 is 0 Å². The molecule has 0 unspecified atom stereocenters. The minimum absolute atomic E-state index is 0.0503. The van der Waals surface area contributed by atoms with Crippen molar-refractivity contribution in [2.24, 2.45) is 0 Å². The van der Waals surface area contributed by atoms with Crippen molar-refractivity contribution in [3.05, 3.63) is 77.1 Å². The molecule has 0 saturated carbocycles. The van der Waals surface area contributed by atoms with Gasteiger partial charge in [0.2, 0.25) is 5.95 Å². The summed E-state index contributed by atoms with van der Waals surface area (Å²) in [7, 11) is 3.19. The number of piperazine rings is 1. The molecule has 5 rings (SSSR count). The highest BCUT2D eigenvalue weighted by atomic mass is 16.5. The normalized spacial score (nSPS) is 16.8. The van der Waals surface area contributed by atoms with Gasteiger partial charge < -0.3 is 19.3 Å². The highest BCUT2D eigenvalue weighted by Gasteiger charge is 2.27. The van der Waals surface area contributed by atoms with Gasteiger partial charge in [-0.3, -0.25) is 4.79 Å². The molecule has 168 valence electrons. The molecule has 0 atom stereocenters. The largest absolute Gasteiger partial charge is 0.493 e. The number of benzene rings is 2.